The molecule has 0 heterocycles. The van der Waals surface area contributed by atoms with Crippen LogP contribution in [0.25, 0.3) is 0 Å². The fourth-order valence-corrected chi connectivity index (χ4v) is 0.819. The maximum Gasteiger partial charge on any atom is 0.0609 e. The SMILES string of the molecule is CCCCN(C)C(C)(C)CO. The number of nitrogens with zero attached hydrogens (tertiary/aromatic N) is 1. The van der Waals surface area contributed by atoms with Gasteiger partial charge < -0.3 is 5.11 Å². The number of hydrogen-bond acceptors (Lipinski definition) is 2. The van der Waals surface area contributed by atoms with Crippen molar-refractivity contribution in [3.8, 4) is 0 Å². The van der Waals surface area contributed by atoms with Crippen LogP contribution in [-0.2, 0) is 0 Å². The molecule has 1 N–H and O–H groups in total. The topological polar surface area (TPSA) is 23.5 Å². The Morgan fingerprint density at radius 1 is 1.36 bits per heavy atom. The minimum atomic E-state index is -0.0603. The quantitative estimate of drug-likeness (QED) is 0.657. The molecule has 0 rings (SSSR count). The van der Waals surface area contributed by atoms with E-state index < -0.39 is 0 Å². The highest BCUT2D eigenvalue weighted by molar-refractivity contribution is 4.77. The molecule has 0 spiro atoms. The molecule has 0 aromatic rings. The van der Waals surface area contributed by atoms with Gasteiger partial charge in [-0.05, 0) is 33.9 Å². The van der Waals surface area contributed by atoms with E-state index in [1.165, 1.54) is 12.8 Å². The van der Waals surface area contributed by atoms with Crippen LogP contribution in [0.4, 0.5) is 0 Å². The molecule has 0 aromatic heterocycles. The molecule has 0 unspecified atom stereocenters. The highest BCUT2D eigenvalue weighted by atomic mass is 16.3. The van der Waals surface area contributed by atoms with E-state index in [9.17, 15) is 0 Å². The summed E-state index contributed by atoms with van der Waals surface area (Å²) < 4.78 is 0. The lowest BCUT2D eigenvalue weighted by Gasteiger charge is -2.33. The summed E-state index contributed by atoms with van der Waals surface area (Å²) in [5, 5.41) is 9.02. The van der Waals surface area contributed by atoms with E-state index in [1.54, 1.807) is 0 Å². The molecule has 0 amide bonds. The second kappa shape index (κ2) is 4.73. The van der Waals surface area contributed by atoms with Crippen LogP contribution in [0.1, 0.15) is 33.6 Å². The summed E-state index contributed by atoms with van der Waals surface area (Å²) in [5.74, 6) is 0. The Morgan fingerprint density at radius 2 is 1.91 bits per heavy atom. The Morgan fingerprint density at radius 3 is 2.27 bits per heavy atom. The molecule has 0 aromatic carbocycles. The Labute approximate surface area is 70.2 Å². The van der Waals surface area contributed by atoms with Gasteiger partial charge in [-0.15, -0.1) is 0 Å². The molecule has 68 valence electrons. The number of likely N-dealkylation sites (N-methyl/N-ethyl adjacent to an activating group) is 1. The lowest BCUT2D eigenvalue weighted by molar-refractivity contribution is 0.0781. The Hall–Kier alpha value is -0.0800. The van der Waals surface area contributed by atoms with Crippen LogP contribution in [0.5, 0.6) is 0 Å². The summed E-state index contributed by atoms with van der Waals surface area (Å²) in [6, 6.07) is 0. The van der Waals surface area contributed by atoms with E-state index in [0.717, 1.165) is 6.54 Å². The molecule has 2 heteroatoms. The van der Waals surface area contributed by atoms with Crippen molar-refractivity contribution in [1.29, 1.82) is 0 Å². The Balaban J connectivity index is 3.71. The van der Waals surface area contributed by atoms with Crippen molar-refractivity contribution in [3.05, 3.63) is 0 Å². The number of aliphatic hydroxyl groups excluding tert-OH is 1. The molecular formula is C9H21NO. The van der Waals surface area contributed by atoms with Crippen LogP contribution in [0.15, 0.2) is 0 Å². The highest BCUT2D eigenvalue weighted by Gasteiger charge is 2.21. The second-order valence-corrected chi connectivity index (χ2v) is 3.75. The van der Waals surface area contributed by atoms with E-state index in [4.69, 9.17) is 5.11 Å². The van der Waals surface area contributed by atoms with Gasteiger partial charge >= 0.3 is 0 Å². The number of hydrogen-bond donors (Lipinski definition) is 1. The Kier molecular flexibility index (Phi) is 4.69. The van der Waals surface area contributed by atoms with Crippen molar-refractivity contribution in [1.82, 2.24) is 4.90 Å². The summed E-state index contributed by atoms with van der Waals surface area (Å²) >= 11 is 0. The first kappa shape index (κ1) is 10.9. The maximum absolute atomic E-state index is 9.02. The fraction of sp³-hybridized carbons (Fsp3) is 1.00. The van der Waals surface area contributed by atoms with Crippen LogP contribution in [0.3, 0.4) is 0 Å². The van der Waals surface area contributed by atoms with Crippen LogP contribution in [-0.4, -0.2) is 35.7 Å². The van der Waals surface area contributed by atoms with Crippen molar-refractivity contribution in [2.75, 3.05) is 20.2 Å². The van der Waals surface area contributed by atoms with Crippen LogP contribution < -0.4 is 0 Å². The first-order chi connectivity index (χ1) is 5.04. The summed E-state index contributed by atoms with van der Waals surface area (Å²) in [6.45, 7) is 7.60. The first-order valence-electron chi connectivity index (χ1n) is 4.36. The highest BCUT2D eigenvalue weighted by Crippen LogP contribution is 2.11. The van der Waals surface area contributed by atoms with Gasteiger partial charge in [0.2, 0.25) is 0 Å². The zero-order valence-electron chi connectivity index (χ0n) is 8.22. The van der Waals surface area contributed by atoms with E-state index in [2.05, 4.69) is 32.7 Å². The van der Waals surface area contributed by atoms with Crippen molar-refractivity contribution >= 4 is 0 Å². The van der Waals surface area contributed by atoms with E-state index >= 15 is 0 Å². The van der Waals surface area contributed by atoms with Crippen LogP contribution in [0, 0.1) is 0 Å². The minimum Gasteiger partial charge on any atom is -0.394 e. The van der Waals surface area contributed by atoms with Crippen molar-refractivity contribution in [3.63, 3.8) is 0 Å². The van der Waals surface area contributed by atoms with Crippen molar-refractivity contribution < 1.29 is 5.11 Å². The average molecular weight is 159 g/mol. The number of aliphatic hydroxyl groups is 1. The van der Waals surface area contributed by atoms with Gasteiger partial charge in [-0.3, -0.25) is 4.90 Å². The van der Waals surface area contributed by atoms with Gasteiger partial charge in [0.15, 0.2) is 0 Å². The summed E-state index contributed by atoms with van der Waals surface area (Å²) in [5.41, 5.74) is -0.0603. The minimum absolute atomic E-state index is 0.0603. The molecule has 0 aliphatic rings. The van der Waals surface area contributed by atoms with Gasteiger partial charge in [-0.1, -0.05) is 13.3 Å². The smallest absolute Gasteiger partial charge is 0.0609 e. The summed E-state index contributed by atoms with van der Waals surface area (Å²) in [7, 11) is 2.06. The van der Waals surface area contributed by atoms with Gasteiger partial charge in [0.05, 0.1) is 6.61 Å². The summed E-state index contributed by atoms with van der Waals surface area (Å²) in [6.07, 6.45) is 2.42. The predicted molar refractivity (Wildman–Crippen MR) is 48.7 cm³/mol. The van der Waals surface area contributed by atoms with Crippen LogP contribution in [0.2, 0.25) is 0 Å². The van der Waals surface area contributed by atoms with E-state index in [-0.39, 0.29) is 12.1 Å². The monoisotopic (exact) mass is 159 g/mol. The molecular weight excluding hydrogens is 138 g/mol. The third-order valence-corrected chi connectivity index (χ3v) is 2.27. The number of unbranched alkanes of at least 4 members (excludes halogenated alkanes) is 1. The zero-order chi connectivity index (χ0) is 8.91. The molecule has 11 heavy (non-hydrogen) atoms. The lowest BCUT2D eigenvalue weighted by Crippen LogP contribution is -2.44. The van der Waals surface area contributed by atoms with Gasteiger partial charge in [-0.25, -0.2) is 0 Å². The predicted octanol–water partition coefficient (Wildman–Crippen LogP) is 1.49. The van der Waals surface area contributed by atoms with E-state index in [1.807, 2.05) is 0 Å². The van der Waals surface area contributed by atoms with E-state index in [0.29, 0.717) is 0 Å². The van der Waals surface area contributed by atoms with Gasteiger partial charge in [0, 0.05) is 5.54 Å². The third kappa shape index (κ3) is 3.73. The zero-order valence-corrected chi connectivity index (χ0v) is 8.22. The van der Waals surface area contributed by atoms with Crippen molar-refractivity contribution in [2.45, 2.75) is 39.2 Å². The van der Waals surface area contributed by atoms with Gasteiger partial charge in [-0.2, -0.15) is 0 Å². The van der Waals surface area contributed by atoms with Gasteiger partial charge in [0.25, 0.3) is 0 Å². The molecule has 0 saturated carbocycles. The average Bonchev–Trinajstić information content (AvgIpc) is 2.00. The molecule has 0 atom stereocenters. The molecule has 0 fully saturated rings. The van der Waals surface area contributed by atoms with Crippen molar-refractivity contribution in [2.24, 2.45) is 0 Å². The lowest BCUT2D eigenvalue weighted by atomic mass is 10.1. The molecule has 0 aliphatic carbocycles. The first-order valence-corrected chi connectivity index (χ1v) is 4.36. The third-order valence-electron chi connectivity index (χ3n) is 2.27. The fourth-order valence-electron chi connectivity index (χ4n) is 0.819. The molecule has 0 radical (unpaired) electrons. The molecule has 2 nitrogen and oxygen atoms in total. The molecule has 0 aliphatic heterocycles. The molecule has 0 bridgehead atoms. The standard InChI is InChI=1S/C9H21NO/c1-5-6-7-10(4)9(2,3)8-11/h11H,5-8H2,1-4H3. The normalized spacial score (nSPS) is 12.5. The van der Waals surface area contributed by atoms with Gasteiger partial charge in [0.1, 0.15) is 0 Å². The summed E-state index contributed by atoms with van der Waals surface area (Å²) in [4.78, 5) is 2.20. The Bertz CT molecular complexity index is 102. The molecule has 0 saturated heterocycles. The maximum atomic E-state index is 9.02. The number of rotatable bonds is 5. The second-order valence-electron chi connectivity index (χ2n) is 3.75. The van der Waals surface area contributed by atoms with Crippen LogP contribution >= 0.6 is 0 Å². The largest absolute Gasteiger partial charge is 0.394 e.